The topological polar surface area (TPSA) is 80.3 Å². The van der Waals surface area contributed by atoms with Crippen molar-refractivity contribution in [1.82, 2.24) is 10.3 Å². The van der Waals surface area contributed by atoms with Crippen molar-refractivity contribution in [1.29, 1.82) is 0 Å². The Bertz CT molecular complexity index is 781. The first-order valence-corrected chi connectivity index (χ1v) is 11.0. The third kappa shape index (κ3) is 6.34. The molecule has 0 fully saturated rings. The highest BCUT2D eigenvalue weighted by Gasteiger charge is 2.18. The Morgan fingerprint density at radius 3 is 2.61 bits per heavy atom. The van der Waals surface area contributed by atoms with E-state index in [9.17, 15) is 9.00 Å². The van der Waals surface area contributed by atoms with Crippen molar-refractivity contribution < 1.29 is 13.7 Å². The van der Waals surface area contributed by atoms with E-state index in [1.165, 1.54) is 0 Å². The van der Waals surface area contributed by atoms with E-state index in [1.54, 1.807) is 37.6 Å². The summed E-state index contributed by atoms with van der Waals surface area (Å²) in [5.41, 5.74) is 1.99. The van der Waals surface area contributed by atoms with Crippen LogP contribution in [0.15, 0.2) is 42.6 Å². The third-order valence-corrected chi connectivity index (χ3v) is 5.44. The summed E-state index contributed by atoms with van der Waals surface area (Å²) < 4.78 is 20.3. The van der Waals surface area contributed by atoms with Gasteiger partial charge in [-0.1, -0.05) is 44.9 Å². The van der Waals surface area contributed by atoms with Gasteiger partial charge in [-0.3, -0.25) is 4.79 Å². The molecule has 1 unspecified atom stereocenters. The maximum atomic E-state index is 12.9. The lowest BCUT2D eigenvalue weighted by atomic mass is 10.0. The molecule has 0 radical (unpaired) electrons. The summed E-state index contributed by atoms with van der Waals surface area (Å²) in [5.74, 6) is 0.891. The quantitative estimate of drug-likeness (QED) is 0.588. The van der Waals surface area contributed by atoms with Crippen molar-refractivity contribution in [3.63, 3.8) is 0 Å². The zero-order valence-corrected chi connectivity index (χ0v) is 17.6. The first kappa shape index (κ1) is 21.9. The predicted molar refractivity (Wildman–Crippen MR) is 114 cm³/mol. The van der Waals surface area contributed by atoms with Crippen LogP contribution in [0.4, 0.5) is 5.69 Å². The van der Waals surface area contributed by atoms with Gasteiger partial charge in [0.25, 0.3) is 5.91 Å². The molecule has 6 nitrogen and oxygen atoms in total. The molecule has 0 saturated heterocycles. The number of hydrogen-bond acceptors (Lipinski definition) is 4. The molecule has 0 spiro atoms. The van der Waals surface area contributed by atoms with Crippen LogP contribution in [-0.4, -0.2) is 28.0 Å². The summed E-state index contributed by atoms with van der Waals surface area (Å²) in [7, 11) is 0.364. The lowest BCUT2D eigenvalue weighted by Gasteiger charge is -2.20. The minimum absolute atomic E-state index is 0.158. The molecule has 0 saturated carbocycles. The number of carbonyl (C=O) groups is 1. The number of rotatable bonds is 11. The minimum Gasteiger partial charge on any atom is -0.481 e. The predicted octanol–water partition coefficient (Wildman–Crippen LogP) is 4.24. The summed E-state index contributed by atoms with van der Waals surface area (Å²) >= 11 is 0. The molecule has 2 rings (SSSR count). The molecule has 2 aromatic rings. The van der Waals surface area contributed by atoms with E-state index in [4.69, 9.17) is 4.74 Å². The number of pyridine rings is 1. The van der Waals surface area contributed by atoms with Gasteiger partial charge >= 0.3 is 0 Å². The second kappa shape index (κ2) is 11.4. The molecule has 1 aromatic carbocycles. The molecule has 2 N–H and O–H groups in total. The van der Waals surface area contributed by atoms with E-state index >= 15 is 0 Å². The highest BCUT2D eigenvalue weighted by molar-refractivity contribution is 7.86. The number of nitrogens with one attached hydrogen (secondary N) is 2. The lowest BCUT2D eigenvalue weighted by molar-refractivity contribution is 0.0935. The van der Waals surface area contributed by atoms with Gasteiger partial charge in [0.15, 0.2) is 0 Å². The van der Waals surface area contributed by atoms with Crippen molar-refractivity contribution >= 4 is 22.6 Å². The number of aromatic nitrogens is 1. The number of para-hydroxylation sites is 1. The molecular formula is C21H29N3O3S. The largest absolute Gasteiger partial charge is 0.481 e. The average molecular weight is 404 g/mol. The van der Waals surface area contributed by atoms with E-state index in [1.807, 2.05) is 12.1 Å². The monoisotopic (exact) mass is 403 g/mol. The van der Waals surface area contributed by atoms with Gasteiger partial charge in [-0.25, -0.2) is 9.19 Å². The fraction of sp³-hybridized carbons (Fsp3) is 0.429. The maximum Gasteiger partial charge on any atom is 0.253 e. The van der Waals surface area contributed by atoms with E-state index in [0.29, 0.717) is 22.9 Å². The molecule has 1 heterocycles. The van der Waals surface area contributed by atoms with Gasteiger partial charge < -0.3 is 14.8 Å². The zero-order chi connectivity index (χ0) is 20.4. The summed E-state index contributed by atoms with van der Waals surface area (Å²) in [6.07, 6.45) is 5.28. The van der Waals surface area contributed by atoms with Crippen molar-refractivity contribution in [3.8, 4) is 5.88 Å². The van der Waals surface area contributed by atoms with Crippen molar-refractivity contribution in [2.75, 3.05) is 17.6 Å². The number of anilines is 1. The van der Waals surface area contributed by atoms with Crippen LogP contribution in [0.25, 0.3) is 0 Å². The van der Waals surface area contributed by atoms with E-state index in [0.717, 1.165) is 31.2 Å². The van der Waals surface area contributed by atoms with Crippen LogP contribution in [-0.2, 0) is 11.0 Å². The highest BCUT2D eigenvalue weighted by atomic mass is 32.2. The van der Waals surface area contributed by atoms with Crippen LogP contribution in [0, 0.1) is 0 Å². The Morgan fingerprint density at radius 2 is 1.96 bits per heavy atom. The molecule has 0 aliphatic heterocycles. The Labute approximate surface area is 169 Å². The number of hydrogen-bond donors (Lipinski definition) is 2. The van der Waals surface area contributed by atoms with Crippen LogP contribution in [0.1, 0.15) is 61.5 Å². The van der Waals surface area contributed by atoms with Gasteiger partial charge in [0, 0.05) is 18.0 Å². The van der Waals surface area contributed by atoms with Gasteiger partial charge in [-0.2, -0.15) is 0 Å². The van der Waals surface area contributed by atoms with Gasteiger partial charge in [0.1, 0.15) is 11.0 Å². The average Bonchev–Trinajstić information content (AvgIpc) is 2.72. The molecule has 0 bridgehead atoms. The van der Waals surface area contributed by atoms with Gasteiger partial charge in [-0.05, 0) is 30.5 Å². The Morgan fingerprint density at radius 1 is 1.18 bits per heavy atom. The van der Waals surface area contributed by atoms with Crippen molar-refractivity contribution in [2.45, 2.75) is 45.6 Å². The zero-order valence-electron chi connectivity index (χ0n) is 16.7. The molecule has 0 aliphatic carbocycles. The molecule has 28 heavy (non-hydrogen) atoms. The van der Waals surface area contributed by atoms with Gasteiger partial charge in [0.05, 0.1) is 24.4 Å². The van der Waals surface area contributed by atoms with Crippen LogP contribution in [0.2, 0.25) is 0 Å². The van der Waals surface area contributed by atoms with Crippen molar-refractivity contribution in [2.24, 2.45) is 0 Å². The van der Waals surface area contributed by atoms with Crippen LogP contribution >= 0.6 is 0 Å². The highest BCUT2D eigenvalue weighted by Crippen LogP contribution is 2.22. The van der Waals surface area contributed by atoms with Crippen LogP contribution in [0.5, 0.6) is 5.88 Å². The molecule has 7 heteroatoms. The Balaban J connectivity index is 2.15. The summed E-state index contributed by atoms with van der Waals surface area (Å²) in [4.78, 5) is 17.2. The summed E-state index contributed by atoms with van der Waals surface area (Å²) in [5, 5.41) is 3.09. The lowest BCUT2D eigenvalue weighted by Crippen LogP contribution is -2.29. The smallest absolute Gasteiger partial charge is 0.253 e. The number of ether oxygens (including phenoxy) is 1. The fourth-order valence-corrected chi connectivity index (χ4v) is 3.86. The summed E-state index contributed by atoms with van der Waals surface area (Å²) in [6, 6.07) is 10.7. The number of amides is 1. The van der Waals surface area contributed by atoms with Crippen molar-refractivity contribution in [3.05, 3.63) is 53.7 Å². The molecule has 152 valence electrons. The normalized spacial score (nSPS) is 12.8. The van der Waals surface area contributed by atoms with E-state index < -0.39 is 11.0 Å². The first-order valence-electron chi connectivity index (χ1n) is 9.63. The number of benzene rings is 1. The number of nitrogens with zero attached hydrogens (tertiary/aromatic N) is 1. The SMILES string of the molecule is CCCCS(=O)Nc1ccccc1C(=O)N[C@H](CCC)c1ccc(OC)nc1. The summed E-state index contributed by atoms with van der Waals surface area (Å²) in [6.45, 7) is 4.13. The van der Waals surface area contributed by atoms with E-state index in [2.05, 4.69) is 28.9 Å². The second-order valence-electron chi connectivity index (χ2n) is 6.50. The number of carbonyl (C=O) groups excluding carboxylic acids is 1. The Kier molecular flexibility index (Phi) is 8.94. The van der Waals surface area contributed by atoms with Gasteiger partial charge in [0.2, 0.25) is 5.88 Å². The second-order valence-corrected chi connectivity index (χ2v) is 7.80. The van der Waals surface area contributed by atoms with Crippen LogP contribution in [0.3, 0.4) is 0 Å². The first-order chi connectivity index (χ1) is 13.6. The number of methoxy groups -OCH3 is 1. The number of unbranched alkanes of at least 4 members (excludes halogenated alkanes) is 1. The Hall–Kier alpha value is -2.41. The minimum atomic E-state index is -1.21. The fourth-order valence-electron chi connectivity index (χ4n) is 2.78. The molecule has 0 aliphatic rings. The van der Waals surface area contributed by atoms with Gasteiger partial charge in [-0.15, -0.1) is 0 Å². The molecule has 2 atom stereocenters. The standard InChI is InChI=1S/C21H29N3O3S/c1-4-6-14-28(26)24-19-11-8-7-10-17(19)21(25)23-18(9-5-2)16-12-13-20(27-3)22-15-16/h7-8,10-13,15,18,24H,4-6,9,14H2,1-3H3,(H,23,25)/t18-,28?/m1/s1. The molecular weight excluding hydrogens is 374 g/mol. The van der Waals surface area contributed by atoms with E-state index in [-0.39, 0.29) is 11.9 Å². The van der Waals surface area contributed by atoms with Crippen LogP contribution < -0.4 is 14.8 Å². The third-order valence-electron chi connectivity index (χ3n) is 4.33. The molecule has 1 aromatic heterocycles. The maximum absolute atomic E-state index is 12.9. The molecule has 1 amide bonds.